The zero-order valence-corrected chi connectivity index (χ0v) is 16.0. The molecule has 0 saturated carbocycles. The van der Waals surface area contributed by atoms with Gasteiger partial charge >= 0.3 is 0 Å². The van der Waals surface area contributed by atoms with E-state index in [0.29, 0.717) is 11.3 Å². The SMILES string of the molecule is Cc1ccc(S(C)(=O)=O)cc1S(=O)(=O)N(C)CCOc1ccccc1. The van der Waals surface area contributed by atoms with Crippen molar-refractivity contribution >= 4 is 19.9 Å². The second-order valence-electron chi connectivity index (χ2n) is 5.69. The predicted octanol–water partition coefficient (Wildman–Crippen LogP) is 2.10. The first-order chi connectivity index (χ1) is 11.6. The van der Waals surface area contributed by atoms with E-state index in [4.69, 9.17) is 4.74 Å². The highest BCUT2D eigenvalue weighted by Gasteiger charge is 2.24. The molecule has 2 aromatic carbocycles. The van der Waals surface area contributed by atoms with E-state index in [9.17, 15) is 16.8 Å². The number of hydrogen-bond acceptors (Lipinski definition) is 5. The van der Waals surface area contributed by atoms with Gasteiger partial charge in [0.2, 0.25) is 10.0 Å². The highest BCUT2D eigenvalue weighted by Crippen LogP contribution is 2.23. The van der Waals surface area contributed by atoms with Crippen LogP contribution in [0, 0.1) is 6.92 Å². The van der Waals surface area contributed by atoms with Crippen molar-refractivity contribution in [3.8, 4) is 5.75 Å². The number of rotatable bonds is 7. The molecule has 0 aliphatic heterocycles. The third-order valence-electron chi connectivity index (χ3n) is 3.69. The van der Waals surface area contributed by atoms with E-state index in [0.717, 1.165) is 10.6 Å². The molecule has 0 amide bonds. The Morgan fingerprint density at radius 1 is 1.00 bits per heavy atom. The predicted molar refractivity (Wildman–Crippen MR) is 96.0 cm³/mol. The molecule has 136 valence electrons. The maximum atomic E-state index is 12.8. The molecule has 2 rings (SSSR count). The molecule has 0 aromatic heterocycles. The summed E-state index contributed by atoms with van der Waals surface area (Å²) in [6.07, 6.45) is 1.05. The third kappa shape index (κ3) is 4.81. The van der Waals surface area contributed by atoms with Crippen LogP contribution in [0.2, 0.25) is 0 Å². The first kappa shape index (κ1) is 19.4. The lowest BCUT2D eigenvalue weighted by Gasteiger charge is -2.19. The smallest absolute Gasteiger partial charge is 0.243 e. The topological polar surface area (TPSA) is 80.8 Å². The summed E-state index contributed by atoms with van der Waals surface area (Å²) in [5, 5.41) is 0. The van der Waals surface area contributed by atoms with Crippen molar-refractivity contribution in [1.82, 2.24) is 4.31 Å². The second kappa shape index (κ2) is 7.55. The Balaban J connectivity index is 2.17. The molecule has 2 aromatic rings. The van der Waals surface area contributed by atoms with Crippen molar-refractivity contribution in [3.05, 3.63) is 54.1 Å². The molecule has 0 spiro atoms. The molecule has 0 saturated heterocycles. The number of sulfonamides is 1. The monoisotopic (exact) mass is 383 g/mol. The average molecular weight is 383 g/mol. The molecule has 0 fully saturated rings. The number of ether oxygens (including phenoxy) is 1. The Morgan fingerprint density at radius 3 is 2.24 bits per heavy atom. The minimum atomic E-state index is -3.82. The molecule has 0 atom stereocenters. The highest BCUT2D eigenvalue weighted by atomic mass is 32.2. The van der Waals surface area contributed by atoms with Crippen LogP contribution in [-0.2, 0) is 19.9 Å². The Bertz CT molecular complexity index is 938. The number of para-hydroxylation sites is 1. The zero-order valence-electron chi connectivity index (χ0n) is 14.3. The van der Waals surface area contributed by atoms with Gasteiger partial charge in [-0.2, -0.15) is 4.31 Å². The fourth-order valence-electron chi connectivity index (χ4n) is 2.19. The zero-order chi connectivity index (χ0) is 18.7. The number of hydrogen-bond donors (Lipinski definition) is 0. The van der Waals surface area contributed by atoms with Crippen LogP contribution in [0.15, 0.2) is 58.3 Å². The van der Waals surface area contributed by atoms with Gasteiger partial charge in [-0.25, -0.2) is 16.8 Å². The summed E-state index contributed by atoms with van der Waals surface area (Å²) in [5.74, 6) is 0.656. The van der Waals surface area contributed by atoms with Crippen molar-refractivity contribution in [2.45, 2.75) is 16.7 Å². The molecular weight excluding hydrogens is 362 g/mol. The summed E-state index contributed by atoms with van der Waals surface area (Å²) in [6.45, 7) is 1.96. The van der Waals surface area contributed by atoms with E-state index in [2.05, 4.69) is 0 Å². The molecule has 0 heterocycles. The van der Waals surface area contributed by atoms with Crippen molar-refractivity contribution in [1.29, 1.82) is 0 Å². The maximum absolute atomic E-state index is 12.8. The normalized spacial score (nSPS) is 12.3. The third-order valence-corrected chi connectivity index (χ3v) is 6.80. The first-order valence-corrected chi connectivity index (χ1v) is 10.9. The lowest BCUT2D eigenvalue weighted by Crippen LogP contribution is -2.31. The molecule has 6 nitrogen and oxygen atoms in total. The Labute approximate surface area is 149 Å². The number of likely N-dealkylation sites (N-methyl/N-ethyl adjacent to an activating group) is 1. The largest absolute Gasteiger partial charge is 0.492 e. The molecule has 0 unspecified atom stereocenters. The lowest BCUT2D eigenvalue weighted by atomic mass is 10.2. The standard InChI is InChI=1S/C17H21NO5S2/c1-14-9-10-16(24(3,19)20)13-17(14)25(21,22)18(2)11-12-23-15-7-5-4-6-8-15/h4-10,13H,11-12H2,1-3H3. The molecule has 0 bridgehead atoms. The van der Waals surface area contributed by atoms with Gasteiger partial charge in [0.1, 0.15) is 12.4 Å². The van der Waals surface area contributed by atoms with Gasteiger partial charge in [-0.1, -0.05) is 24.3 Å². The Hall–Kier alpha value is -1.90. The van der Waals surface area contributed by atoms with Gasteiger partial charge in [-0.3, -0.25) is 0 Å². The van der Waals surface area contributed by atoms with Gasteiger partial charge in [-0.05, 0) is 36.8 Å². The number of sulfone groups is 1. The van der Waals surface area contributed by atoms with E-state index >= 15 is 0 Å². The van der Waals surface area contributed by atoms with Crippen LogP contribution >= 0.6 is 0 Å². The Morgan fingerprint density at radius 2 is 1.64 bits per heavy atom. The van der Waals surface area contributed by atoms with E-state index in [1.807, 2.05) is 18.2 Å². The van der Waals surface area contributed by atoms with E-state index in [1.54, 1.807) is 19.1 Å². The minimum Gasteiger partial charge on any atom is -0.492 e. The van der Waals surface area contributed by atoms with Crippen molar-refractivity contribution in [3.63, 3.8) is 0 Å². The van der Waals surface area contributed by atoms with Crippen LogP contribution in [0.4, 0.5) is 0 Å². The minimum absolute atomic E-state index is 0.0161. The van der Waals surface area contributed by atoms with E-state index < -0.39 is 19.9 Å². The van der Waals surface area contributed by atoms with Gasteiger partial charge in [-0.15, -0.1) is 0 Å². The molecular formula is C17H21NO5S2. The van der Waals surface area contributed by atoms with Gasteiger partial charge in [0.15, 0.2) is 9.84 Å². The fraction of sp³-hybridized carbons (Fsp3) is 0.294. The summed E-state index contributed by atoms with van der Waals surface area (Å²) in [6, 6.07) is 13.2. The summed E-state index contributed by atoms with van der Waals surface area (Å²) < 4.78 is 55.6. The first-order valence-electron chi connectivity index (χ1n) is 7.57. The van der Waals surface area contributed by atoms with Crippen molar-refractivity contribution in [2.24, 2.45) is 0 Å². The van der Waals surface area contributed by atoms with Crippen LogP contribution in [0.1, 0.15) is 5.56 Å². The van der Waals surface area contributed by atoms with Gasteiger partial charge < -0.3 is 4.74 Å². The molecule has 0 aliphatic rings. The summed E-state index contributed by atoms with van der Waals surface area (Å²) in [4.78, 5) is -0.0387. The van der Waals surface area contributed by atoms with E-state index in [1.165, 1.54) is 25.2 Å². The van der Waals surface area contributed by atoms with Crippen LogP contribution in [0.25, 0.3) is 0 Å². The highest BCUT2D eigenvalue weighted by molar-refractivity contribution is 7.91. The van der Waals surface area contributed by atoms with E-state index in [-0.39, 0.29) is 22.9 Å². The average Bonchev–Trinajstić information content (AvgIpc) is 2.54. The van der Waals surface area contributed by atoms with Crippen LogP contribution < -0.4 is 4.74 Å². The summed E-state index contributed by atoms with van der Waals surface area (Å²) in [7, 11) is -5.87. The lowest BCUT2D eigenvalue weighted by molar-refractivity contribution is 0.287. The van der Waals surface area contributed by atoms with Crippen molar-refractivity contribution < 1.29 is 21.6 Å². The van der Waals surface area contributed by atoms with Gasteiger partial charge in [0, 0.05) is 19.8 Å². The summed E-state index contributed by atoms with van der Waals surface area (Å²) >= 11 is 0. The number of benzene rings is 2. The quantitative estimate of drug-likeness (QED) is 0.731. The Kier molecular flexibility index (Phi) is 5.87. The van der Waals surface area contributed by atoms with Gasteiger partial charge in [0.05, 0.1) is 9.79 Å². The van der Waals surface area contributed by atoms with Crippen LogP contribution in [0.3, 0.4) is 0 Å². The van der Waals surface area contributed by atoms with Gasteiger partial charge in [0.25, 0.3) is 0 Å². The molecule has 8 heteroatoms. The second-order valence-corrected chi connectivity index (χ2v) is 9.72. The maximum Gasteiger partial charge on any atom is 0.243 e. The van der Waals surface area contributed by atoms with Crippen molar-refractivity contribution in [2.75, 3.05) is 26.5 Å². The van der Waals surface area contributed by atoms with Crippen LogP contribution in [-0.4, -0.2) is 47.6 Å². The molecule has 25 heavy (non-hydrogen) atoms. The summed E-state index contributed by atoms with van der Waals surface area (Å²) in [5.41, 5.74) is 0.489. The van der Waals surface area contributed by atoms with Crippen LogP contribution in [0.5, 0.6) is 5.75 Å². The fourth-order valence-corrected chi connectivity index (χ4v) is 4.31. The number of nitrogens with zero attached hydrogens (tertiary/aromatic N) is 1. The number of aryl methyl sites for hydroxylation is 1. The molecule has 0 aliphatic carbocycles. The molecule has 0 radical (unpaired) electrons. The molecule has 0 N–H and O–H groups in total.